The maximum atomic E-state index is 13.3. The van der Waals surface area contributed by atoms with E-state index < -0.39 is 0 Å². The molecule has 0 aliphatic carbocycles. The summed E-state index contributed by atoms with van der Waals surface area (Å²) in [6.07, 6.45) is 20.0. The lowest BCUT2D eigenvalue weighted by atomic mass is 9.88. The van der Waals surface area contributed by atoms with Crippen molar-refractivity contribution in [2.75, 3.05) is 13.1 Å². The van der Waals surface area contributed by atoms with Gasteiger partial charge in [0.05, 0.1) is 28.8 Å². The smallest absolute Gasteiger partial charge is 0.255 e. The number of piperidine rings is 1. The number of aryl methyl sites for hydroxylation is 2. The van der Waals surface area contributed by atoms with Gasteiger partial charge in [0, 0.05) is 23.5 Å². The van der Waals surface area contributed by atoms with Crippen molar-refractivity contribution in [2.45, 2.75) is 39.5 Å². The molecule has 0 bridgehead atoms. The molecule has 0 saturated carbocycles. The molecule has 32 heavy (non-hydrogen) atoms. The molecule has 1 amide bonds. The van der Waals surface area contributed by atoms with E-state index in [1.165, 1.54) is 5.57 Å². The van der Waals surface area contributed by atoms with E-state index in [9.17, 15) is 4.79 Å². The van der Waals surface area contributed by atoms with Gasteiger partial charge in [-0.25, -0.2) is 4.52 Å². The van der Waals surface area contributed by atoms with Crippen LogP contribution >= 0.6 is 0 Å². The summed E-state index contributed by atoms with van der Waals surface area (Å²) in [5.74, 6) is 0.448. The van der Waals surface area contributed by atoms with Crippen LogP contribution in [0.3, 0.4) is 0 Å². The zero-order valence-electron chi connectivity index (χ0n) is 18.7. The summed E-state index contributed by atoms with van der Waals surface area (Å²) in [4.78, 5) is 19.8. The first-order valence-corrected chi connectivity index (χ1v) is 11.5. The van der Waals surface area contributed by atoms with Crippen molar-refractivity contribution >= 4 is 17.0 Å². The second-order valence-electron chi connectivity index (χ2n) is 8.68. The Morgan fingerprint density at radius 3 is 2.84 bits per heavy atom. The van der Waals surface area contributed by atoms with Crippen LogP contribution in [-0.2, 0) is 11.2 Å². The van der Waals surface area contributed by atoms with Crippen molar-refractivity contribution in [3.63, 3.8) is 0 Å². The van der Waals surface area contributed by atoms with Gasteiger partial charge in [-0.3, -0.25) is 14.7 Å². The van der Waals surface area contributed by atoms with Crippen LogP contribution in [0.2, 0.25) is 0 Å². The van der Waals surface area contributed by atoms with Crippen molar-refractivity contribution in [3.8, 4) is 0 Å². The monoisotopic (exact) mass is 427 g/mol. The fourth-order valence-corrected chi connectivity index (χ4v) is 4.66. The Morgan fingerprint density at radius 2 is 2.03 bits per heavy atom. The van der Waals surface area contributed by atoms with Crippen molar-refractivity contribution < 1.29 is 4.79 Å². The summed E-state index contributed by atoms with van der Waals surface area (Å²) in [5, 5.41) is 8.18. The van der Waals surface area contributed by atoms with E-state index in [0.717, 1.165) is 72.6 Å². The summed E-state index contributed by atoms with van der Waals surface area (Å²) in [5.41, 5.74) is 6.70. The van der Waals surface area contributed by atoms with E-state index in [4.69, 9.17) is 10.1 Å². The molecule has 1 saturated heterocycles. The van der Waals surface area contributed by atoms with Crippen molar-refractivity contribution in [1.29, 1.82) is 0 Å². The number of fused-ring (bicyclic) bond motifs is 2. The summed E-state index contributed by atoms with van der Waals surface area (Å²) in [6.45, 7) is 6.20. The second-order valence-corrected chi connectivity index (χ2v) is 8.68. The van der Waals surface area contributed by atoms with Crippen LogP contribution in [0.15, 0.2) is 66.2 Å². The predicted octanol–water partition coefficient (Wildman–Crippen LogP) is 4.11. The number of nitrogens with one attached hydrogen (secondary N) is 1. The van der Waals surface area contributed by atoms with Gasteiger partial charge in [-0.15, -0.1) is 0 Å². The van der Waals surface area contributed by atoms with Crippen molar-refractivity contribution in [3.05, 3.63) is 83.3 Å². The fraction of sp³-hybridized carbons (Fsp3) is 0.346. The molecule has 164 valence electrons. The number of allylic oxidation sites excluding steroid dienone is 7. The van der Waals surface area contributed by atoms with E-state index in [1.54, 1.807) is 11.0 Å². The first kappa shape index (κ1) is 20.6. The Balaban J connectivity index is 1.49. The molecule has 0 spiro atoms. The number of nitrogens with zero attached hydrogens (tertiary/aromatic N) is 4. The molecule has 5 heterocycles. The molecule has 0 radical (unpaired) electrons. The van der Waals surface area contributed by atoms with E-state index in [1.807, 2.05) is 48.1 Å². The summed E-state index contributed by atoms with van der Waals surface area (Å²) in [7, 11) is 0. The molecule has 3 aliphatic heterocycles. The predicted molar refractivity (Wildman–Crippen MR) is 127 cm³/mol. The van der Waals surface area contributed by atoms with Gasteiger partial charge in [0.1, 0.15) is 0 Å². The van der Waals surface area contributed by atoms with E-state index in [-0.39, 0.29) is 5.91 Å². The molecule has 5 rings (SSSR count). The highest BCUT2D eigenvalue weighted by Crippen LogP contribution is 2.30. The lowest BCUT2D eigenvalue weighted by molar-refractivity contribution is -0.122. The molecule has 6 heteroatoms. The van der Waals surface area contributed by atoms with Gasteiger partial charge in [0.15, 0.2) is 0 Å². The van der Waals surface area contributed by atoms with Crippen molar-refractivity contribution in [1.82, 2.24) is 24.8 Å². The number of hydrogen-bond donors (Lipinski definition) is 1. The lowest BCUT2D eigenvalue weighted by Gasteiger charge is -2.29. The van der Waals surface area contributed by atoms with E-state index in [2.05, 4.69) is 24.4 Å². The molecular formula is C26H29N5O. The van der Waals surface area contributed by atoms with Crippen LogP contribution in [0.4, 0.5) is 0 Å². The normalized spacial score (nSPS) is 23.6. The standard InChI is InChI=1S/C26H29N5O/c1-3-5-23-25-15-24(29-31(25)16-18(2)28-23)20-6-4-7-22-9-8-21(17-30(22)26(32)14-20)19-10-12-27-13-11-19/h4,6-9,14-17,19,27H,3,5,10-13H2,1-2H3/b6-4+,20-14+,22-7+. The zero-order chi connectivity index (χ0) is 22.1. The molecule has 2 aromatic heterocycles. The molecule has 0 unspecified atom stereocenters. The van der Waals surface area contributed by atoms with E-state index >= 15 is 0 Å². The van der Waals surface area contributed by atoms with Gasteiger partial charge in [0.2, 0.25) is 0 Å². The van der Waals surface area contributed by atoms with Crippen LogP contribution in [0.5, 0.6) is 0 Å². The maximum Gasteiger partial charge on any atom is 0.255 e. The third-order valence-corrected chi connectivity index (χ3v) is 6.31. The Kier molecular flexibility index (Phi) is 5.62. The van der Waals surface area contributed by atoms with Crippen LogP contribution in [0.1, 0.15) is 43.3 Å². The highest BCUT2D eigenvalue weighted by Gasteiger charge is 2.23. The molecule has 2 aromatic rings. The van der Waals surface area contributed by atoms with Crippen LogP contribution in [0, 0.1) is 12.8 Å². The first-order valence-electron chi connectivity index (χ1n) is 11.5. The number of amides is 1. The average Bonchev–Trinajstić information content (AvgIpc) is 3.22. The average molecular weight is 428 g/mol. The number of carbonyl (C=O) groups is 1. The number of aromatic nitrogens is 3. The van der Waals surface area contributed by atoms with Crippen LogP contribution in [-0.4, -0.2) is 38.5 Å². The molecule has 3 aliphatic rings. The third-order valence-electron chi connectivity index (χ3n) is 6.31. The van der Waals surface area contributed by atoms with Crippen molar-refractivity contribution in [2.24, 2.45) is 5.92 Å². The van der Waals surface area contributed by atoms with Gasteiger partial charge >= 0.3 is 0 Å². The zero-order valence-corrected chi connectivity index (χ0v) is 18.7. The maximum absolute atomic E-state index is 13.3. The first-order chi connectivity index (χ1) is 15.6. The largest absolute Gasteiger partial charge is 0.317 e. The quantitative estimate of drug-likeness (QED) is 0.798. The van der Waals surface area contributed by atoms with Gasteiger partial charge in [-0.1, -0.05) is 31.6 Å². The molecule has 1 fully saturated rings. The number of carbonyl (C=O) groups excluding carboxylic acids is 1. The topological polar surface area (TPSA) is 62.5 Å². The third kappa shape index (κ3) is 3.98. The number of hydrogen-bond acceptors (Lipinski definition) is 4. The summed E-state index contributed by atoms with van der Waals surface area (Å²) in [6, 6.07) is 2.04. The lowest BCUT2D eigenvalue weighted by Crippen LogP contribution is -2.31. The SMILES string of the molecule is CCCc1nc(C)cn2nc(C3=C\C(=O)N4C=C(C5CCNCC5)C=C\C4=C/C=C/3)cc12. The summed E-state index contributed by atoms with van der Waals surface area (Å²) >= 11 is 0. The Morgan fingerprint density at radius 1 is 1.19 bits per heavy atom. The summed E-state index contributed by atoms with van der Waals surface area (Å²) < 4.78 is 1.89. The molecule has 6 nitrogen and oxygen atoms in total. The van der Waals surface area contributed by atoms with E-state index in [0.29, 0.717) is 5.92 Å². The van der Waals surface area contributed by atoms with Crippen LogP contribution < -0.4 is 5.32 Å². The van der Waals surface area contributed by atoms with Gasteiger partial charge in [0.25, 0.3) is 5.91 Å². The molecular weight excluding hydrogens is 398 g/mol. The minimum atomic E-state index is -0.0495. The van der Waals surface area contributed by atoms with Crippen LogP contribution in [0.25, 0.3) is 11.1 Å². The van der Waals surface area contributed by atoms with Gasteiger partial charge < -0.3 is 5.32 Å². The molecule has 0 aromatic carbocycles. The Hall–Kier alpha value is -3.25. The molecule has 1 N–H and O–H groups in total. The number of rotatable bonds is 4. The van der Waals surface area contributed by atoms with Gasteiger partial charge in [-0.2, -0.15) is 5.10 Å². The van der Waals surface area contributed by atoms with Gasteiger partial charge in [-0.05, 0) is 69.0 Å². The second kappa shape index (κ2) is 8.71. The minimum absolute atomic E-state index is 0.0495. The minimum Gasteiger partial charge on any atom is -0.317 e. The molecule has 0 atom stereocenters. The Labute approximate surface area is 188 Å². The Bertz CT molecular complexity index is 1200. The highest BCUT2D eigenvalue weighted by atomic mass is 16.2. The highest BCUT2D eigenvalue weighted by molar-refractivity contribution is 5.99. The fourth-order valence-electron chi connectivity index (χ4n) is 4.66.